The number of hydrogen-bond donors (Lipinski definition) is 1. The highest BCUT2D eigenvalue weighted by atomic mass is 16.6. The van der Waals surface area contributed by atoms with Crippen molar-refractivity contribution in [3.8, 4) is 22.9 Å². The summed E-state index contributed by atoms with van der Waals surface area (Å²) in [6, 6.07) is 6.90. The molecule has 24 heavy (non-hydrogen) atoms. The molecular formula is C17H17N3O4. The Hall–Kier alpha value is -3.09. The Morgan fingerprint density at radius 2 is 1.71 bits per heavy atom. The molecule has 0 fully saturated rings. The van der Waals surface area contributed by atoms with E-state index in [4.69, 9.17) is 9.47 Å². The number of nitrogens with zero attached hydrogens (tertiary/aromatic N) is 2. The van der Waals surface area contributed by atoms with Gasteiger partial charge < -0.3 is 14.5 Å². The summed E-state index contributed by atoms with van der Waals surface area (Å²) < 4.78 is 10.4. The molecule has 0 saturated heterocycles. The molecule has 0 unspecified atom stereocenters. The van der Waals surface area contributed by atoms with E-state index in [1.807, 2.05) is 26.0 Å². The number of hydrogen-bond acceptors (Lipinski definition) is 5. The lowest BCUT2D eigenvalue weighted by Crippen LogP contribution is -1.97. The maximum Gasteiger partial charge on any atom is 0.311 e. The number of H-pyrrole nitrogens is 1. The topological polar surface area (TPSA) is 90.3 Å². The van der Waals surface area contributed by atoms with Crippen molar-refractivity contribution in [2.45, 2.75) is 13.8 Å². The third-order valence-electron chi connectivity index (χ3n) is 4.05. The molecule has 3 rings (SSSR count). The number of nitro benzene ring substituents is 1. The Morgan fingerprint density at radius 3 is 2.33 bits per heavy atom. The molecule has 1 aromatic heterocycles. The minimum atomic E-state index is -0.487. The van der Waals surface area contributed by atoms with Crippen molar-refractivity contribution >= 4 is 16.7 Å². The first kappa shape index (κ1) is 15.8. The molecule has 0 spiro atoms. The Bertz CT molecular complexity index is 908. The van der Waals surface area contributed by atoms with Crippen molar-refractivity contribution < 1.29 is 14.4 Å². The zero-order valence-corrected chi connectivity index (χ0v) is 13.8. The number of aromatic nitrogens is 2. The Labute approximate surface area is 138 Å². The van der Waals surface area contributed by atoms with E-state index in [2.05, 4.69) is 9.97 Å². The zero-order chi connectivity index (χ0) is 17.4. The second kappa shape index (κ2) is 5.84. The van der Waals surface area contributed by atoms with Crippen molar-refractivity contribution in [3.63, 3.8) is 0 Å². The van der Waals surface area contributed by atoms with Crippen molar-refractivity contribution in [1.29, 1.82) is 0 Å². The lowest BCUT2D eigenvalue weighted by Gasteiger charge is -2.09. The Kier molecular flexibility index (Phi) is 3.84. The lowest BCUT2D eigenvalue weighted by molar-refractivity contribution is -0.385. The summed E-state index contributed by atoms with van der Waals surface area (Å²) in [5, 5.41) is 11.3. The number of nitro groups is 1. The molecule has 2 aromatic carbocycles. The lowest BCUT2D eigenvalue weighted by atomic mass is 10.1. The average Bonchev–Trinajstić information content (AvgIpc) is 2.96. The molecule has 0 radical (unpaired) electrons. The van der Waals surface area contributed by atoms with Crippen molar-refractivity contribution in [1.82, 2.24) is 9.97 Å². The number of aryl methyl sites for hydroxylation is 2. The fourth-order valence-corrected chi connectivity index (χ4v) is 2.61. The average molecular weight is 327 g/mol. The van der Waals surface area contributed by atoms with E-state index in [1.54, 1.807) is 0 Å². The van der Waals surface area contributed by atoms with Gasteiger partial charge in [0.15, 0.2) is 0 Å². The number of nitrogens with one attached hydrogen (secondary N) is 1. The molecule has 0 atom stereocenters. The molecule has 0 aliphatic heterocycles. The van der Waals surface area contributed by atoms with Gasteiger partial charge in [-0.3, -0.25) is 10.1 Å². The first-order chi connectivity index (χ1) is 11.4. The molecule has 1 heterocycles. The highest BCUT2D eigenvalue weighted by molar-refractivity contribution is 5.83. The third-order valence-corrected chi connectivity index (χ3v) is 4.05. The summed E-state index contributed by atoms with van der Waals surface area (Å²) in [5.41, 5.74) is 4.32. The zero-order valence-electron chi connectivity index (χ0n) is 13.8. The fraction of sp³-hybridized carbons (Fsp3) is 0.235. The number of imidazole rings is 1. The van der Waals surface area contributed by atoms with Gasteiger partial charge in [0.05, 0.1) is 35.7 Å². The van der Waals surface area contributed by atoms with Crippen molar-refractivity contribution in [2.24, 2.45) is 0 Å². The van der Waals surface area contributed by atoms with Crippen molar-refractivity contribution in [3.05, 3.63) is 45.5 Å². The van der Waals surface area contributed by atoms with Gasteiger partial charge in [0, 0.05) is 12.1 Å². The van der Waals surface area contributed by atoms with Gasteiger partial charge >= 0.3 is 5.69 Å². The standard InChI is InChI=1S/C17H17N3O4/c1-9-5-12-13(6-10(9)2)19-17(18-12)11-7-14(20(21)22)16(24-4)8-15(11)23-3/h5-8H,1-4H3,(H,18,19). The van der Waals surface area contributed by atoms with Crippen LogP contribution in [0.1, 0.15) is 11.1 Å². The SMILES string of the molecule is COc1cc(OC)c([N+](=O)[O-])cc1-c1nc2cc(C)c(C)cc2[nH]1. The number of rotatable bonds is 4. The normalized spacial score (nSPS) is 10.8. The maximum absolute atomic E-state index is 11.3. The van der Waals surface area contributed by atoms with E-state index < -0.39 is 4.92 Å². The van der Waals surface area contributed by atoms with Gasteiger partial charge in [-0.15, -0.1) is 0 Å². The largest absolute Gasteiger partial charge is 0.496 e. The predicted molar refractivity (Wildman–Crippen MR) is 90.8 cm³/mol. The number of ether oxygens (including phenoxy) is 2. The van der Waals surface area contributed by atoms with Crippen LogP contribution in [0.4, 0.5) is 5.69 Å². The second-order valence-electron chi connectivity index (χ2n) is 5.52. The summed E-state index contributed by atoms with van der Waals surface area (Å²) in [7, 11) is 2.88. The quantitative estimate of drug-likeness (QED) is 0.582. The van der Waals surface area contributed by atoms with Gasteiger partial charge in [-0.2, -0.15) is 0 Å². The molecule has 0 aliphatic carbocycles. The van der Waals surface area contributed by atoms with Gasteiger partial charge in [0.25, 0.3) is 0 Å². The summed E-state index contributed by atoms with van der Waals surface area (Å²) in [4.78, 5) is 18.5. The molecular weight excluding hydrogens is 310 g/mol. The summed E-state index contributed by atoms with van der Waals surface area (Å²) >= 11 is 0. The molecule has 124 valence electrons. The fourth-order valence-electron chi connectivity index (χ4n) is 2.61. The molecule has 3 aromatic rings. The smallest absolute Gasteiger partial charge is 0.311 e. The highest BCUT2D eigenvalue weighted by Crippen LogP contribution is 2.39. The van der Waals surface area contributed by atoms with Crippen LogP contribution < -0.4 is 9.47 Å². The van der Waals surface area contributed by atoms with E-state index in [0.717, 1.165) is 22.2 Å². The van der Waals surface area contributed by atoms with Crippen LogP contribution in [-0.4, -0.2) is 29.1 Å². The molecule has 7 nitrogen and oxygen atoms in total. The van der Waals surface area contributed by atoms with E-state index in [-0.39, 0.29) is 11.4 Å². The van der Waals surface area contributed by atoms with Crippen LogP contribution in [0.25, 0.3) is 22.4 Å². The first-order valence-corrected chi connectivity index (χ1v) is 7.32. The highest BCUT2D eigenvalue weighted by Gasteiger charge is 2.22. The molecule has 0 saturated carbocycles. The van der Waals surface area contributed by atoms with Crippen molar-refractivity contribution in [2.75, 3.05) is 14.2 Å². The Morgan fingerprint density at radius 1 is 1.04 bits per heavy atom. The maximum atomic E-state index is 11.3. The van der Waals surface area contributed by atoms with Crippen LogP contribution in [0.5, 0.6) is 11.5 Å². The predicted octanol–water partition coefficient (Wildman–Crippen LogP) is 3.77. The number of benzene rings is 2. The van der Waals surface area contributed by atoms with E-state index in [9.17, 15) is 10.1 Å². The van der Waals surface area contributed by atoms with Crippen LogP contribution in [0, 0.1) is 24.0 Å². The molecule has 0 bridgehead atoms. The van der Waals surface area contributed by atoms with Gasteiger partial charge in [0.2, 0.25) is 5.75 Å². The first-order valence-electron chi connectivity index (χ1n) is 7.32. The molecule has 0 aliphatic rings. The van der Waals surface area contributed by atoms with E-state index in [1.165, 1.54) is 26.4 Å². The monoisotopic (exact) mass is 327 g/mol. The van der Waals surface area contributed by atoms with Crippen LogP contribution in [-0.2, 0) is 0 Å². The van der Waals surface area contributed by atoms with Gasteiger partial charge in [-0.05, 0) is 37.1 Å². The molecule has 0 amide bonds. The van der Waals surface area contributed by atoms with Crippen LogP contribution in [0.3, 0.4) is 0 Å². The molecule has 7 heteroatoms. The van der Waals surface area contributed by atoms with E-state index in [0.29, 0.717) is 17.1 Å². The minimum Gasteiger partial charge on any atom is -0.496 e. The van der Waals surface area contributed by atoms with Gasteiger partial charge in [0.1, 0.15) is 11.6 Å². The third kappa shape index (κ3) is 2.54. The number of aromatic amines is 1. The van der Waals surface area contributed by atoms with E-state index >= 15 is 0 Å². The number of fused-ring (bicyclic) bond motifs is 1. The summed E-state index contributed by atoms with van der Waals surface area (Å²) in [6.07, 6.45) is 0. The summed E-state index contributed by atoms with van der Waals surface area (Å²) in [5.74, 6) is 1.10. The minimum absolute atomic E-state index is 0.138. The van der Waals surface area contributed by atoms with Gasteiger partial charge in [-0.1, -0.05) is 0 Å². The second-order valence-corrected chi connectivity index (χ2v) is 5.52. The Balaban J connectivity index is 2.24. The van der Waals surface area contributed by atoms with Crippen LogP contribution in [0.2, 0.25) is 0 Å². The van der Waals surface area contributed by atoms with Crippen LogP contribution in [0.15, 0.2) is 24.3 Å². The van der Waals surface area contributed by atoms with Crippen LogP contribution >= 0.6 is 0 Å². The number of methoxy groups -OCH3 is 2. The summed E-state index contributed by atoms with van der Waals surface area (Å²) in [6.45, 7) is 4.04. The molecule has 1 N–H and O–H groups in total. The van der Waals surface area contributed by atoms with Gasteiger partial charge in [-0.25, -0.2) is 4.98 Å².